The average Bonchev–Trinajstić information content (AvgIpc) is 3.30. The lowest BCUT2D eigenvalue weighted by atomic mass is 9.83. The summed E-state index contributed by atoms with van der Waals surface area (Å²) in [7, 11) is 0. The summed E-state index contributed by atoms with van der Waals surface area (Å²) in [5.41, 5.74) is 5.42. The largest absolute Gasteiger partial charge is 0.507 e. The van der Waals surface area contributed by atoms with Crippen molar-refractivity contribution in [3.8, 4) is 23.0 Å². The van der Waals surface area contributed by atoms with E-state index in [1.807, 2.05) is 83.1 Å². The van der Waals surface area contributed by atoms with E-state index < -0.39 is 23.0 Å². The summed E-state index contributed by atoms with van der Waals surface area (Å²) in [6, 6.07) is 13.6. The van der Waals surface area contributed by atoms with Gasteiger partial charge >= 0.3 is 0 Å². The summed E-state index contributed by atoms with van der Waals surface area (Å²) >= 11 is 0. The van der Waals surface area contributed by atoms with Gasteiger partial charge < -0.3 is 44.1 Å². The van der Waals surface area contributed by atoms with Crippen molar-refractivity contribution in [3.63, 3.8) is 0 Å². The first-order chi connectivity index (χ1) is 34.7. The number of hydrogen-bond donors (Lipinski definition) is 4. The molecule has 0 fully saturated rings. The molecular weight excluding hydrogens is 953 g/mol. The molecule has 0 saturated carbocycles. The molecule has 4 aromatic carbocycles. The molecule has 0 aliphatic heterocycles. The van der Waals surface area contributed by atoms with Crippen LogP contribution in [0.15, 0.2) is 48.5 Å². The summed E-state index contributed by atoms with van der Waals surface area (Å²) in [6.07, 6.45) is -1.18. The summed E-state index contributed by atoms with van der Waals surface area (Å²) in [4.78, 5) is 54.0. The Morgan fingerprint density at radius 2 is 0.573 bits per heavy atom. The van der Waals surface area contributed by atoms with Gasteiger partial charge in [-0.2, -0.15) is 0 Å². The van der Waals surface area contributed by atoms with Gasteiger partial charge in [-0.25, -0.2) is 0 Å². The van der Waals surface area contributed by atoms with Gasteiger partial charge in [-0.05, 0) is 120 Å². The van der Waals surface area contributed by atoms with Crippen molar-refractivity contribution < 1.29 is 63.3 Å². The van der Waals surface area contributed by atoms with Gasteiger partial charge in [-0.3, -0.25) is 19.2 Å². The Morgan fingerprint density at radius 3 is 0.800 bits per heavy atom. The topological polar surface area (TPSA) is 195 Å². The van der Waals surface area contributed by atoms with E-state index in [9.17, 15) is 39.6 Å². The fourth-order valence-corrected chi connectivity index (χ4v) is 8.64. The van der Waals surface area contributed by atoms with Crippen molar-refractivity contribution >= 4 is 23.1 Å². The standard InChI is InChI=1S/C62H86O13/c1-37-25-41(29-47(55(37)67)59(5,6)7)51(63)17-21-71-33-45(74-23-19-53(65)43-27-39(3)57(69)49(31-43)61(11,12)13)35-73-36-46(75-24-20-54(66)44-28-40(4)58(70)50(32-44)62(14,15)16)34-72-22-18-52(64)42-26-38(2)56(68)48(30-42)60(8,9)10/h25-32,45-46,67-70H,17-24,33-36H2,1-16H3. The third-order valence-electron chi connectivity index (χ3n) is 13.2. The van der Waals surface area contributed by atoms with Crippen molar-refractivity contribution in [1.29, 1.82) is 0 Å². The predicted molar refractivity (Wildman–Crippen MR) is 294 cm³/mol. The van der Waals surface area contributed by atoms with Crippen molar-refractivity contribution in [1.82, 2.24) is 0 Å². The lowest BCUT2D eigenvalue weighted by Crippen LogP contribution is -2.32. The fraction of sp³-hybridized carbons (Fsp3) is 0.548. The van der Waals surface area contributed by atoms with Gasteiger partial charge in [0, 0.05) is 70.2 Å². The van der Waals surface area contributed by atoms with Gasteiger partial charge in [0.05, 0.1) is 52.9 Å². The van der Waals surface area contributed by atoms with Crippen molar-refractivity contribution in [2.45, 2.75) is 170 Å². The Balaban J connectivity index is 1.49. The highest BCUT2D eigenvalue weighted by atomic mass is 16.6. The molecule has 13 heteroatoms. The molecule has 0 aliphatic carbocycles. The number of Topliss-reactive ketones (excluding diaryl/α,β-unsaturated/α-hetero) is 4. The maximum atomic E-state index is 13.6. The van der Waals surface area contributed by atoms with Crippen LogP contribution in [-0.2, 0) is 45.3 Å². The Labute approximate surface area is 446 Å². The number of carbonyl (C=O) groups is 4. The number of aryl methyl sites for hydroxylation is 4. The van der Waals surface area contributed by atoms with Crippen LogP contribution in [0.4, 0.5) is 0 Å². The molecule has 0 aromatic heterocycles. The van der Waals surface area contributed by atoms with E-state index in [1.165, 1.54) is 0 Å². The van der Waals surface area contributed by atoms with E-state index in [2.05, 4.69) is 0 Å². The minimum absolute atomic E-state index is 0.00329. The van der Waals surface area contributed by atoms with Crippen molar-refractivity contribution in [2.75, 3.05) is 52.9 Å². The van der Waals surface area contributed by atoms with Crippen LogP contribution in [0.1, 0.15) is 195 Å². The van der Waals surface area contributed by atoms with Gasteiger partial charge in [0.25, 0.3) is 0 Å². The highest BCUT2D eigenvalue weighted by molar-refractivity contribution is 5.98. The highest BCUT2D eigenvalue weighted by Crippen LogP contribution is 2.38. The first-order valence-electron chi connectivity index (χ1n) is 26.2. The molecule has 2 unspecified atom stereocenters. The molecule has 0 heterocycles. The van der Waals surface area contributed by atoms with E-state index in [0.717, 1.165) is 0 Å². The fourth-order valence-electron chi connectivity index (χ4n) is 8.64. The molecule has 0 amide bonds. The zero-order valence-corrected chi connectivity index (χ0v) is 47.7. The normalized spacial score (nSPS) is 13.2. The van der Waals surface area contributed by atoms with E-state index >= 15 is 0 Å². The summed E-state index contributed by atoms with van der Waals surface area (Å²) in [6.45, 7) is 30.9. The second-order valence-electron chi connectivity index (χ2n) is 24.1. The van der Waals surface area contributed by atoms with Gasteiger partial charge in [0.15, 0.2) is 23.1 Å². The minimum Gasteiger partial charge on any atom is -0.507 e. The van der Waals surface area contributed by atoms with E-state index in [0.29, 0.717) is 66.8 Å². The first kappa shape index (κ1) is 62.1. The van der Waals surface area contributed by atoms with E-state index in [1.54, 1.807) is 76.2 Å². The molecule has 0 saturated heterocycles. The second kappa shape index (κ2) is 26.1. The molecule has 0 spiro atoms. The van der Waals surface area contributed by atoms with Crippen molar-refractivity contribution in [3.05, 3.63) is 115 Å². The average molecular weight is 1040 g/mol. The van der Waals surface area contributed by atoms with Gasteiger partial charge in [0.1, 0.15) is 35.2 Å². The Morgan fingerprint density at radius 1 is 0.360 bits per heavy atom. The van der Waals surface area contributed by atoms with Crippen LogP contribution < -0.4 is 0 Å². The van der Waals surface area contributed by atoms with E-state index in [-0.39, 0.29) is 135 Å². The molecular formula is C62H86O13. The number of ether oxygens (including phenoxy) is 5. The quantitative estimate of drug-likeness (QED) is 0.0343. The predicted octanol–water partition coefficient (Wildman–Crippen LogP) is 12.1. The molecule has 75 heavy (non-hydrogen) atoms. The molecule has 0 aliphatic rings. The number of carbonyl (C=O) groups excluding carboxylic acids is 4. The SMILES string of the molecule is Cc1cc(C(=O)CCOCC(COCC(COCCC(=O)c2cc(C)c(O)c(C(C)(C)C)c2)OCCC(=O)c2cc(C)c(O)c(C(C)(C)C)c2)OCCC(=O)c2cc(C)c(O)c(C(C)(C)C)c2)cc(C(C)(C)C)c1O. The van der Waals surface area contributed by atoms with Crippen LogP contribution >= 0.6 is 0 Å². The summed E-state index contributed by atoms with van der Waals surface area (Å²) < 4.78 is 30.8. The summed E-state index contributed by atoms with van der Waals surface area (Å²) in [5.74, 6) is 0.0232. The maximum Gasteiger partial charge on any atom is 0.165 e. The lowest BCUT2D eigenvalue weighted by Gasteiger charge is -2.23. The van der Waals surface area contributed by atoms with Gasteiger partial charge in [-0.1, -0.05) is 83.1 Å². The number of hydrogen-bond acceptors (Lipinski definition) is 13. The molecule has 4 N–H and O–H groups in total. The highest BCUT2D eigenvalue weighted by Gasteiger charge is 2.27. The Kier molecular flexibility index (Phi) is 21.6. The maximum absolute atomic E-state index is 13.6. The zero-order chi connectivity index (χ0) is 56.4. The number of rotatable bonds is 26. The molecule has 412 valence electrons. The monoisotopic (exact) mass is 1040 g/mol. The number of phenolic OH excluding ortho intramolecular Hbond substituents is 4. The molecule has 0 radical (unpaired) electrons. The minimum atomic E-state index is -0.690. The first-order valence-corrected chi connectivity index (χ1v) is 26.2. The number of ketones is 4. The second-order valence-corrected chi connectivity index (χ2v) is 24.1. The van der Waals surface area contributed by atoms with Crippen molar-refractivity contribution in [2.24, 2.45) is 0 Å². The number of benzene rings is 4. The molecule has 2 atom stereocenters. The number of aromatic hydroxyl groups is 4. The molecule has 4 aromatic rings. The van der Waals surface area contributed by atoms with Crippen LogP contribution in [0.2, 0.25) is 0 Å². The zero-order valence-electron chi connectivity index (χ0n) is 47.7. The lowest BCUT2D eigenvalue weighted by molar-refractivity contribution is -0.0936. The molecule has 4 rings (SSSR count). The van der Waals surface area contributed by atoms with Crippen LogP contribution in [0, 0.1) is 27.7 Å². The van der Waals surface area contributed by atoms with Crippen LogP contribution in [-0.4, -0.2) is 109 Å². The smallest absolute Gasteiger partial charge is 0.165 e. The van der Waals surface area contributed by atoms with Crippen LogP contribution in [0.25, 0.3) is 0 Å². The molecule has 0 bridgehead atoms. The van der Waals surface area contributed by atoms with Gasteiger partial charge in [0.2, 0.25) is 0 Å². The molecule has 13 nitrogen and oxygen atoms in total. The Hall–Kier alpha value is -5.44. The summed E-state index contributed by atoms with van der Waals surface area (Å²) in [5, 5.41) is 43.0. The van der Waals surface area contributed by atoms with E-state index in [4.69, 9.17) is 23.7 Å². The third-order valence-corrected chi connectivity index (χ3v) is 13.2. The van der Waals surface area contributed by atoms with Crippen LogP contribution in [0.3, 0.4) is 0 Å². The number of phenols is 4. The van der Waals surface area contributed by atoms with Gasteiger partial charge in [-0.15, -0.1) is 0 Å². The third kappa shape index (κ3) is 17.8. The van der Waals surface area contributed by atoms with Crippen LogP contribution in [0.5, 0.6) is 23.0 Å². The Bertz CT molecular complexity index is 2470.